The first-order valence-corrected chi connectivity index (χ1v) is 19.6. The average Bonchev–Trinajstić information content (AvgIpc) is 3.33. The van der Waals surface area contributed by atoms with Crippen molar-refractivity contribution in [3.05, 3.63) is 0 Å². The van der Waals surface area contributed by atoms with Gasteiger partial charge in [-0.05, 0) is 108 Å². The number of ether oxygens (including phenoxy) is 6. The highest BCUT2D eigenvalue weighted by molar-refractivity contribution is 5.16. The molecule has 6 N–H and O–H groups in total. The van der Waals surface area contributed by atoms with E-state index in [1.54, 1.807) is 13.8 Å². The zero-order valence-electron chi connectivity index (χ0n) is 30.6. The van der Waals surface area contributed by atoms with Gasteiger partial charge in [0.25, 0.3) is 0 Å². The van der Waals surface area contributed by atoms with E-state index in [-0.39, 0.29) is 48.7 Å². The highest BCUT2D eigenvalue weighted by Crippen LogP contribution is 2.69. The molecule has 0 bridgehead atoms. The van der Waals surface area contributed by atoms with Gasteiger partial charge in [0.1, 0.15) is 18.3 Å². The first-order valence-electron chi connectivity index (χ1n) is 19.6. The molecule has 0 radical (unpaired) electrons. The van der Waals surface area contributed by atoms with Gasteiger partial charge in [-0.25, -0.2) is 0 Å². The molecule has 50 heavy (non-hydrogen) atoms. The fourth-order valence-corrected chi connectivity index (χ4v) is 12.0. The zero-order chi connectivity index (χ0) is 35.7. The molecule has 12 nitrogen and oxygen atoms in total. The molecule has 4 aliphatic carbocycles. The lowest BCUT2D eigenvalue weighted by atomic mass is 9.43. The van der Waals surface area contributed by atoms with E-state index in [2.05, 4.69) is 13.8 Å². The molecule has 3 aliphatic heterocycles. The summed E-state index contributed by atoms with van der Waals surface area (Å²) in [6.45, 7) is 10.2. The van der Waals surface area contributed by atoms with Crippen molar-refractivity contribution < 1.29 is 59.1 Å². The fraction of sp³-hybridized carbons (Fsp3) is 1.00. The van der Waals surface area contributed by atoms with Crippen molar-refractivity contribution in [3.63, 3.8) is 0 Å². The predicted octanol–water partition coefficient (Wildman–Crippen LogP) is 2.76. The van der Waals surface area contributed by atoms with E-state index in [4.69, 9.17) is 28.4 Å². The van der Waals surface area contributed by atoms with E-state index >= 15 is 0 Å². The largest absolute Gasteiger partial charge is 0.396 e. The van der Waals surface area contributed by atoms with Crippen LogP contribution in [0, 0.1) is 34.5 Å². The molecule has 12 heteroatoms. The van der Waals surface area contributed by atoms with E-state index in [1.165, 1.54) is 0 Å². The van der Waals surface area contributed by atoms with Crippen LogP contribution >= 0.6 is 0 Å². The van der Waals surface area contributed by atoms with Crippen LogP contribution in [0.25, 0.3) is 0 Å². The average molecular weight is 713 g/mol. The molecule has 3 heterocycles. The molecule has 0 aromatic carbocycles. The molecule has 20 atom stereocenters. The second-order valence-corrected chi connectivity index (χ2v) is 17.7. The predicted molar refractivity (Wildman–Crippen MR) is 179 cm³/mol. The summed E-state index contributed by atoms with van der Waals surface area (Å²) in [5.41, 5.74) is -0.714. The van der Waals surface area contributed by atoms with E-state index in [0.29, 0.717) is 17.8 Å². The molecule has 0 spiro atoms. The summed E-state index contributed by atoms with van der Waals surface area (Å²) in [4.78, 5) is 0. The number of hydrogen-bond acceptors (Lipinski definition) is 12. The van der Waals surface area contributed by atoms with Gasteiger partial charge in [-0.15, -0.1) is 0 Å². The Morgan fingerprint density at radius 3 is 1.78 bits per heavy atom. The van der Waals surface area contributed by atoms with Gasteiger partial charge in [0.2, 0.25) is 0 Å². The Morgan fingerprint density at radius 1 is 0.620 bits per heavy atom. The van der Waals surface area contributed by atoms with Crippen molar-refractivity contribution in [1.82, 2.24) is 0 Å². The highest BCUT2D eigenvalue weighted by Gasteiger charge is 2.67. The highest BCUT2D eigenvalue weighted by atomic mass is 16.7. The first kappa shape index (κ1) is 37.8. The van der Waals surface area contributed by atoms with Crippen molar-refractivity contribution >= 4 is 0 Å². The Bertz CT molecular complexity index is 1140. The standard InChI is InChI=1S/C38H64O12/c1-19-33(43)27(40)15-31(45-19)49-35-21(3)47-32(17-29(35)42)50-34-20(2)46-30(16-28(34)41)48-24-9-11-36(4)22(14-24)6-7-26-25(36)10-12-37(5)23(18-39)8-13-38(26,37)44/h19-35,39-44H,6-18H2,1-5H3/t19-,20-,21-,22-,23-,24+,25+,26-,27+,28+,29+,30+,31+,32+,33-,34-,35-,36+,37-,38+/m1/s1. The molecular weight excluding hydrogens is 648 g/mol. The summed E-state index contributed by atoms with van der Waals surface area (Å²) in [6.07, 6.45) is 0.568. The number of aliphatic hydroxyl groups excluding tert-OH is 5. The van der Waals surface area contributed by atoms with E-state index < -0.39 is 79.4 Å². The van der Waals surface area contributed by atoms with Crippen molar-refractivity contribution in [1.29, 1.82) is 0 Å². The van der Waals surface area contributed by atoms with Gasteiger partial charge in [0.05, 0.1) is 48.3 Å². The van der Waals surface area contributed by atoms with Crippen LogP contribution in [0.2, 0.25) is 0 Å². The Kier molecular flexibility index (Phi) is 10.8. The molecular formula is C38H64O12. The van der Waals surface area contributed by atoms with E-state index in [0.717, 1.165) is 57.8 Å². The topological polar surface area (TPSA) is 177 Å². The summed E-state index contributed by atoms with van der Waals surface area (Å²) >= 11 is 0. The number of fused-ring (bicyclic) bond motifs is 5. The van der Waals surface area contributed by atoms with Gasteiger partial charge in [-0.2, -0.15) is 0 Å². The summed E-state index contributed by atoms with van der Waals surface area (Å²) in [6, 6.07) is 0. The van der Waals surface area contributed by atoms with E-state index in [1.807, 2.05) is 6.92 Å². The molecule has 7 rings (SSSR count). The van der Waals surface area contributed by atoms with Crippen LogP contribution in [0.3, 0.4) is 0 Å². The minimum atomic E-state index is -0.990. The maximum atomic E-state index is 12.2. The molecule has 0 aromatic rings. The second kappa shape index (κ2) is 14.3. The van der Waals surface area contributed by atoms with Crippen molar-refractivity contribution in [2.24, 2.45) is 34.5 Å². The molecule has 288 valence electrons. The molecule has 3 saturated heterocycles. The molecule has 7 aliphatic rings. The number of rotatable bonds is 7. The monoisotopic (exact) mass is 712 g/mol. The third-order valence-corrected chi connectivity index (χ3v) is 15.1. The Labute approximate surface area is 297 Å². The molecule has 0 unspecified atom stereocenters. The Hall–Kier alpha value is -0.480. The van der Waals surface area contributed by atoms with Crippen LogP contribution in [0.5, 0.6) is 0 Å². The minimum absolute atomic E-state index is 0.0452. The van der Waals surface area contributed by atoms with Crippen molar-refractivity contribution in [2.45, 2.75) is 197 Å². The summed E-state index contributed by atoms with van der Waals surface area (Å²) < 4.78 is 36.8. The fourth-order valence-electron chi connectivity index (χ4n) is 12.0. The van der Waals surface area contributed by atoms with Gasteiger partial charge >= 0.3 is 0 Å². The van der Waals surface area contributed by atoms with Crippen LogP contribution in [0.1, 0.15) is 112 Å². The number of aliphatic hydroxyl groups is 6. The number of hydrogen-bond donors (Lipinski definition) is 6. The zero-order valence-corrected chi connectivity index (χ0v) is 30.6. The van der Waals surface area contributed by atoms with Crippen LogP contribution in [-0.4, -0.2) is 123 Å². The maximum absolute atomic E-state index is 12.2. The normalized spacial score (nSPS) is 57.1. The van der Waals surface area contributed by atoms with Gasteiger partial charge in [0.15, 0.2) is 18.9 Å². The van der Waals surface area contributed by atoms with Crippen molar-refractivity contribution in [3.8, 4) is 0 Å². The van der Waals surface area contributed by atoms with Crippen molar-refractivity contribution in [2.75, 3.05) is 6.61 Å². The Morgan fingerprint density at radius 2 is 1.20 bits per heavy atom. The molecule has 7 fully saturated rings. The van der Waals surface area contributed by atoms with Crippen LogP contribution in [-0.2, 0) is 28.4 Å². The summed E-state index contributed by atoms with van der Waals surface area (Å²) in [5, 5.41) is 64.6. The van der Waals surface area contributed by atoms with Gasteiger partial charge in [0, 0.05) is 31.3 Å². The lowest BCUT2D eigenvalue weighted by molar-refractivity contribution is -0.336. The summed E-state index contributed by atoms with van der Waals surface area (Å²) in [7, 11) is 0. The van der Waals surface area contributed by atoms with Gasteiger partial charge < -0.3 is 59.1 Å². The molecule has 0 aromatic heterocycles. The van der Waals surface area contributed by atoms with Crippen LogP contribution < -0.4 is 0 Å². The van der Waals surface area contributed by atoms with Gasteiger partial charge in [-0.1, -0.05) is 13.8 Å². The lowest BCUT2D eigenvalue weighted by Crippen LogP contribution is -2.62. The molecule has 0 amide bonds. The SMILES string of the molecule is C[C@H]1O[C@@H](O[C@H]2[C@@H](O)C[C@H](O[C@H]3[C@@H](O)C[C@H](O[C@H]4CC[C@@]5(C)[C@H](CC[C@@H]6[C@@H]5CC[C@]5(C)[C@@H](CO)CC[C@]65O)C4)O[C@@H]3C)O[C@@H]2C)C[C@H](O)[C@@H]1O. The second-order valence-electron chi connectivity index (χ2n) is 17.7. The quantitative estimate of drug-likeness (QED) is 0.213. The lowest BCUT2D eigenvalue weighted by Gasteiger charge is -2.63. The molecule has 4 saturated carbocycles. The minimum Gasteiger partial charge on any atom is -0.396 e. The van der Waals surface area contributed by atoms with Gasteiger partial charge in [-0.3, -0.25) is 0 Å². The Balaban J connectivity index is 0.894. The first-order chi connectivity index (χ1) is 23.7. The van der Waals surface area contributed by atoms with E-state index in [9.17, 15) is 30.6 Å². The summed E-state index contributed by atoms with van der Waals surface area (Å²) in [5.74, 6) is 1.49. The smallest absolute Gasteiger partial charge is 0.161 e. The van der Waals surface area contributed by atoms with Crippen LogP contribution in [0.4, 0.5) is 0 Å². The van der Waals surface area contributed by atoms with Crippen LogP contribution in [0.15, 0.2) is 0 Å². The third-order valence-electron chi connectivity index (χ3n) is 15.1. The maximum Gasteiger partial charge on any atom is 0.161 e. The third kappa shape index (κ3) is 6.53.